The highest BCUT2D eigenvalue weighted by Crippen LogP contribution is 2.34. The highest BCUT2D eigenvalue weighted by atomic mass is 19.4. The van der Waals surface area contributed by atoms with Crippen LogP contribution < -0.4 is 0 Å². The number of rotatable bonds is 4. The van der Waals surface area contributed by atoms with E-state index in [4.69, 9.17) is 0 Å². The average Bonchev–Trinajstić information content (AvgIpc) is 2.27. The Kier molecular flexibility index (Phi) is 4.73. The molecule has 1 nitrogen and oxygen atoms in total. The summed E-state index contributed by atoms with van der Waals surface area (Å²) in [5.74, 6) is -1.09. The molecule has 0 aliphatic rings. The van der Waals surface area contributed by atoms with Gasteiger partial charge in [0.25, 0.3) is 0 Å². The first kappa shape index (κ1) is 15.0. The van der Waals surface area contributed by atoms with Crippen molar-refractivity contribution in [3.05, 3.63) is 35.1 Å². The van der Waals surface area contributed by atoms with Crippen molar-refractivity contribution in [3.63, 3.8) is 0 Å². The molecule has 0 saturated heterocycles. The molecule has 1 aromatic carbocycles. The topological polar surface area (TPSA) is 20.2 Å². The summed E-state index contributed by atoms with van der Waals surface area (Å²) in [6, 6.07) is 2.11. The van der Waals surface area contributed by atoms with E-state index < -0.39 is 23.7 Å². The highest BCUT2D eigenvalue weighted by molar-refractivity contribution is 5.29. The van der Waals surface area contributed by atoms with E-state index in [2.05, 4.69) is 0 Å². The third kappa shape index (κ3) is 3.45. The van der Waals surface area contributed by atoms with Crippen molar-refractivity contribution in [2.75, 3.05) is 0 Å². The van der Waals surface area contributed by atoms with E-state index in [0.717, 1.165) is 12.5 Å². The zero-order valence-electron chi connectivity index (χ0n) is 10.3. The lowest BCUT2D eigenvalue weighted by atomic mass is 9.92. The van der Waals surface area contributed by atoms with Crippen molar-refractivity contribution >= 4 is 0 Å². The van der Waals surface area contributed by atoms with Crippen LogP contribution in [0.25, 0.3) is 0 Å². The Morgan fingerprint density at radius 2 is 1.89 bits per heavy atom. The van der Waals surface area contributed by atoms with Gasteiger partial charge in [-0.25, -0.2) is 4.39 Å². The molecular formula is C13H16F4O. The Labute approximate surface area is 103 Å². The van der Waals surface area contributed by atoms with Crippen LogP contribution in [0, 0.1) is 11.7 Å². The van der Waals surface area contributed by atoms with Gasteiger partial charge in [0.15, 0.2) is 0 Å². The van der Waals surface area contributed by atoms with Crippen molar-refractivity contribution < 1.29 is 22.7 Å². The average molecular weight is 264 g/mol. The summed E-state index contributed by atoms with van der Waals surface area (Å²) in [5, 5.41) is 9.88. The lowest BCUT2D eigenvalue weighted by Gasteiger charge is -2.20. The molecule has 0 radical (unpaired) electrons. The molecule has 0 fully saturated rings. The van der Waals surface area contributed by atoms with Gasteiger partial charge in [0, 0.05) is 5.56 Å². The number of aliphatic hydroxyl groups is 1. The first-order valence-corrected chi connectivity index (χ1v) is 5.82. The lowest BCUT2D eigenvalue weighted by Crippen LogP contribution is -2.13. The number of halogens is 4. The smallest absolute Gasteiger partial charge is 0.388 e. The summed E-state index contributed by atoms with van der Waals surface area (Å²) < 4.78 is 51.0. The predicted octanol–water partition coefficient (Wildman–Crippen LogP) is 4.31. The van der Waals surface area contributed by atoms with Gasteiger partial charge in [-0.2, -0.15) is 13.2 Å². The van der Waals surface area contributed by atoms with Crippen LogP contribution in [-0.4, -0.2) is 5.11 Å². The van der Waals surface area contributed by atoms with E-state index in [0.29, 0.717) is 18.6 Å². The molecule has 0 heterocycles. The van der Waals surface area contributed by atoms with Crippen molar-refractivity contribution in [2.45, 2.75) is 39.0 Å². The largest absolute Gasteiger partial charge is 0.416 e. The normalized spacial score (nSPS) is 15.5. The molecule has 1 aromatic rings. The van der Waals surface area contributed by atoms with Crippen LogP contribution in [0.15, 0.2) is 18.2 Å². The summed E-state index contributed by atoms with van der Waals surface area (Å²) in [5.41, 5.74) is -1.23. The number of hydrogen-bond acceptors (Lipinski definition) is 1. The van der Waals surface area contributed by atoms with Gasteiger partial charge >= 0.3 is 6.18 Å². The SMILES string of the molecule is CCCC(C)C(O)c1cc(C(F)(F)F)ccc1F. The molecular weight excluding hydrogens is 248 g/mol. The van der Waals surface area contributed by atoms with Crippen LogP contribution in [0.2, 0.25) is 0 Å². The van der Waals surface area contributed by atoms with Gasteiger partial charge in [0.05, 0.1) is 11.7 Å². The predicted molar refractivity (Wildman–Crippen MR) is 60.4 cm³/mol. The van der Waals surface area contributed by atoms with E-state index >= 15 is 0 Å². The molecule has 0 bridgehead atoms. The number of hydrogen-bond donors (Lipinski definition) is 1. The van der Waals surface area contributed by atoms with Gasteiger partial charge in [-0.15, -0.1) is 0 Å². The minimum Gasteiger partial charge on any atom is -0.388 e. The third-order valence-corrected chi connectivity index (χ3v) is 2.92. The van der Waals surface area contributed by atoms with Crippen molar-refractivity contribution in [2.24, 2.45) is 5.92 Å². The third-order valence-electron chi connectivity index (χ3n) is 2.92. The first-order valence-electron chi connectivity index (χ1n) is 5.82. The van der Waals surface area contributed by atoms with Gasteiger partial charge in [-0.3, -0.25) is 0 Å². The number of aliphatic hydroxyl groups excluding tert-OH is 1. The molecule has 18 heavy (non-hydrogen) atoms. The van der Waals surface area contributed by atoms with E-state index in [-0.39, 0.29) is 11.5 Å². The van der Waals surface area contributed by atoms with E-state index in [1.54, 1.807) is 6.92 Å². The van der Waals surface area contributed by atoms with Crippen LogP contribution in [0.4, 0.5) is 17.6 Å². The molecule has 0 aromatic heterocycles. The quantitative estimate of drug-likeness (QED) is 0.803. The van der Waals surface area contributed by atoms with Gasteiger partial charge < -0.3 is 5.11 Å². The maximum absolute atomic E-state index is 13.5. The van der Waals surface area contributed by atoms with Crippen LogP contribution >= 0.6 is 0 Å². The molecule has 0 saturated carbocycles. The van der Waals surface area contributed by atoms with Gasteiger partial charge in [0.2, 0.25) is 0 Å². The summed E-state index contributed by atoms with van der Waals surface area (Å²) in [6.45, 7) is 3.58. The van der Waals surface area contributed by atoms with E-state index in [1.165, 1.54) is 0 Å². The monoisotopic (exact) mass is 264 g/mol. The second kappa shape index (κ2) is 5.69. The second-order valence-corrected chi connectivity index (χ2v) is 4.44. The van der Waals surface area contributed by atoms with E-state index in [1.807, 2.05) is 6.92 Å². The van der Waals surface area contributed by atoms with Gasteiger partial charge in [0.1, 0.15) is 5.82 Å². The fraction of sp³-hybridized carbons (Fsp3) is 0.538. The Hall–Kier alpha value is -1.10. The van der Waals surface area contributed by atoms with Crippen molar-refractivity contribution in [3.8, 4) is 0 Å². The maximum Gasteiger partial charge on any atom is 0.416 e. The number of benzene rings is 1. The standard InChI is InChI=1S/C13H16F4O/c1-3-4-8(2)12(18)10-7-9(13(15,16)17)5-6-11(10)14/h5-8,12,18H,3-4H2,1-2H3. The molecule has 0 spiro atoms. The molecule has 0 amide bonds. The Morgan fingerprint density at radius 3 is 2.39 bits per heavy atom. The molecule has 0 aliphatic carbocycles. The van der Waals surface area contributed by atoms with Crippen LogP contribution in [0.3, 0.4) is 0 Å². The summed E-state index contributed by atoms with van der Waals surface area (Å²) >= 11 is 0. The van der Waals surface area contributed by atoms with Crippen molar-refractivity contribution in [1.82, 2.24) is 0 Å². The molecule has 1 rings (SSSR count). The fourth-order valence-electron chi connectivity index (χ4n) is 1.87. The summed E-state index contributed by atoms with van der Waals surface area (Å²) in [7, 11) is 0. The molecule has 2 atom stereocenters. The van der Waals surface area contributed by atoms with Crippen LogP contribution in [0.5, 0.6) is 0 Å². The fourth-order valence-corrected chi connectivity index (χ4v) is 1.87. The minimum atomic E-state index is -4.53. The molecule has 102 valence electrons. The summed E-state index contributed by atoms with van der Waals surface area (Å²) in [6.07, 6.45) is -4.35. The van der Waals surface area contributed by atoms with E-state index in [9.17, 15) is 22.7 Å². The highest BCUT2D eigenvalue weighted by Gasteiger charge is 2.32. The molecule has 0 aliphatic heterocycles. The van der Waals surface area contributed by atoms with Gasteiger partial charge in [-0.1, -0.05) is 20.3 Å². The lowest BCUT2D eigenvalue weighted by molar-refractivity contribution is -0.137. The minimum absolute atomic E-state index is 0.284. The van der Waals surface area contributed by atoms with Crippen LogP contribution in [-0.2, 0) is 6.18 Å². The second-order valence-electron chi connectivity index (χ2n) is 4.44. The Bertz CT molecular complexity index is 400. The molecule has 2 unspecified atom stereocenters. The Morgan fingerprint density at radius 1 is 1.28 bits per heavy atom. The van der Waals surface area contributed by atoms with Gasteiger partial charge in [-0.05, 0) is 30.5 Å². The van der Waals surface area contributed by atoms with Crippen LogP contribution in [0.1, 0.15) is 43.9 Å². The molecule has 5 heteroatoms. The zero-order valence-corrected chi connectivity index (χ0v) is 10.3. The zero-order chi connectivity index (χ0) is 13.9. The van der Waals surface area contributed by atoms with Crippen molar-refractivity contribution in [1.29, 1.82) is 0 Å². The Balaban J connectivity index is 3.08. The molecule has 1 N–H and O–H groups in total. The number of alkyl halides is 3. The first-order chi connectivity index (χ1) is 8.27. The maximum atomic E-state index is 13.5. The summed E-state index contributed by atoms with van der Waals surface area (Å²) in [4.78, 5) is 0.